The van der Waals surface area contributed by atoms with Crippen LogP contribution in [0.2, 0.25) is 0 Å². The first kappa shape index (κ1) is 14.5. The zero-order chi connectivity index (χ0) is 13.7. The Morgan fingerprint density at radius 3 is 2.89 bits per heavy atom. The van der Waals surface area contributed by atoms with Crippen LogP contribution in [0, 0.1) is 0 Å². The van der Waals surface area contributed by atoms with Crippen molar-refractivity contribution in [1.29, 1.82) is 0 Å². The van der Waals surface area contributed by atoms with E-state index < -0.39 is 0 Å². The molecule has 1 fully saturated rings. The quantitative estimate of drug-likeness (QED) is 0.751. The number of methoxy groups -OCH3 is 1. The van der Waals surface area contributed by atoms with Gasteiger partial charge in [0.25, 0.3) is 0 Å². The highest BCUT2D eigenvalue weighted by molar-refractivity contribution is 9.10. The number of rotatable bonds is 7. The zero-order valence-corrected chi connectivity index (χ0v) is 12.6. The number of hydrogen-bond acceptors (Lipinski definition) is 3. The summed E-state index contributed by atoms with van der Waals surface area (Å²) in [5, 5.41) is 6.18. The third kappa shape index (κ3) is 4.03. The number of nitrogens with one attached hydrogen (secondary N) is 2. The Bertz CT molecular complexity index is 447. The van der Waals surface area contributed by atoms with Gasteiger partial charge in [-0.15, -0.1) is 0 Å². The van der Waals surface area contributed by atoms with Crippen molar-refractivity contribution in [3.63, 3.8) is 0 Å². The van der Waals surface area contributed by atoms with Crippen LogP contribution in [0.1, 0.15) is 18.4 Å². The van der Waals surface area contributed by atoms with Crippen molar-refractivity contribution in [3.8, 4) is 0 Å². The molecule has 0 heterocycles. The highest BCUT2D eigenvalue weighted by Crippen LogP contribution is 2.45. The average Bonchev–Trinajstić information content (AvgIpc) is 3.16. The zero-order valence-electron chi connectivity index (χ0n) is 11.0. The Balaban J connectivity index is 1.86. The fourth-order valence-corrected chi connectivity index (χ4v) is 2.48. The summed E-state index contributed by atoms with van der Waals surface area (Å²) in [6.45, 7) is 1.64. The number of ether oxygens (including phenoxy) is 1. The Morgan fingerprint density at radius 2 is 2.26 bits per heavy atom. The van der Waals surface area contributed by atoms with Crippen molar-refractivity contribution in [2.75, 3.05) is 26.8 Å². The van der Waals surface area contributed by atoms with Crippen LogP contribution in [0.5, 0.6) is 0 Å². The van der Waals surface area contributed by atoms with Crippen molar-refractivity contribution in [2.24, 2.45) is 0 Å². The minimum Gasteiger partial charge on any atom is -0.383 e. The third-order valence-corrected chi connectivity index (χ3v) is 3.77. The van der Waals surface area contributed by atoms with E-state index in [-0.39, 0.29) is 11.4 Å². The second-order valence-electron chi connectivity index (χ2n) is 4.81. The number of hydrogen-bond donors (Lipinski definition) is 2. The summed E-state index contributed by atoms with van der Waals surface area (Å²) in [5.74, 6) is 0.0357. The first-order chi connectivity index (χ1) is 9.16. The molecular weight excluding hydrogens is 308 g/mol. The molecule has 0 unspecified atom stereocenters. The van der Waals surface area contributed by atoms with Crippen molar-refractivity contribution < 1.29 is 9.53 Å². The molecule has 4 nitrogen and oxygen atoms in total. The largest absolute Gasteiger partial charge is 0.383 e. The maximum absolute atomic E-state index is 11.9. The van der Waals surface area contributed by atoms with Crippen LogP contribution in [0.25, 0.3) is 0 Å². The molecule has 0 spiro atoms. The lowest BCUT2D eigenvalue weighted by Gasteiger charge is -2.18. The maximum Gasteiger partial charge on any atom is 0.234 e. The van der Waals surface area contributed by atoms with Crippen LogP contribution in [0.15, 0.2) is 28.7 Å². The van der Waals surface area contributed by atoms with Gasteiger partial charge in [0.15, 0.2) is 0 Å². The van der Waals surface area contributed by atoms with E-state index in [1.54, 1.807) is 7.11 Å². The molecular formula is C14H19BrN2O2. The number of amides is 1. The molecule has 0 saturated heterocycles. The maximum atomic E-state index is 11.9. The highest BCUT2D eigenvalue weighted by atomic mass is 79.9. The van der Waals surface area contributed by atoms with Gasteiger partial charge in [0.05, 0.1) is 18.7 Å². The summed E-state index contributed by atoms with van der Waals surface area (Å²) in [7, 11) is 1.65. The SMILES string of the molecule is COCCNCC(=O)NC1(c2cccc(Br)c2)CC1. The van der Waals surface area contributed by atoms with E-state index in [0.717, 1.165) is 17.3 Å². The van der Waals surface area contributed by atoms with Crippen LogP contribution < -0.4 is 10.6 Å². The predicted octanol–water partition coefficient (Wildman–Crippen LogP) is 1.79. The fourth-order valence-electron chi connectivity index (χ4n) is 2.08. The molecule has 19 heavy (non-hydrogen) atoms. The highest BCUT2D eigenvalue weighted by Gasteiger charge is 2.45. The molecule has 0 bridgehead atoms. The van der Waals surface area contributed by atoms with Crippen LogP contribution >= 0.6 is 15.9 Å². The number of halogens is 1. The van der Waals surface area contributed by atoms with Crippen molar-refractivity contribution in [1.82, 2.24) is 10.6 Å². The standard InChI is InChI=1S/C14H19BrN2O2/c1-19-8-7-16-10-13(18)17-14(5-6-14)11-3-2-4-12(15)9-11/h2-4,9,16H,5-8,10H2,1H3,(H,17,18). The first-order valence-electron chi connectivity index (χ1n) is 6.43. The lowest BCUT2D eigenvalue weighted by molar-refractivity contribution is -0.121. The second kappa shape index (κ2) is 6.50. The molecule has 1 aromatic carbocycles. The van der Waals surface area contributed by atoms with Crippen LogP contribution in [-0.2, 0) is 15.1 Å². The average molecular weight is 327 g/mol. The van der Waals surface area contributed by atoms with Crippen molar-refractivity contribution in [2.45, 2.75) is 18.4 Å². The summed E-state index contributed by atoms with van der Waals surface area (Å²) in [6.07, 6.45) is 2.01. The Morgan fingerprint density at radius 1 is 1.47 bits per heavy atom. The van der Waals surface area contributed by atoms with Crippen LogP contribution in [0.4, 0.5) is 0 Å². The lowest BCUT2D eigenvalue weighted by atomic mass is 10.1. The molecule has 2 rings (SSSR count). The van der Waals surface area contributed by atoms with Gasteiger partial charge in [-0.1, -0.05) is 28.1 Å². The monoisotopic (exact) mass is 326 g/mol. The van der Waals surface area contributed by atoms with Gasteiger partial charge in [0, 0.05) is 18.1 Å². The molecule has 1 aromatic rings. The number of carbonyl (C=O) groups is 1. The van der Waals surface area contributed by atoms with E-state index in [1.807, 2.05) is 12.1 Å². The lowest BCUT2D eigenvalue weighted by Crippen LogP contribution is -2.41. The first-order valence-corrected chi connectivity index (χ1v) is 7.22. The van der Waals surface area contributed by atoms with E-state index in [2.05, 4.69) is 38.7 Å². The van der Waals surface area contributed by atoms with Crippen molar-refractivity contribution >= 4 is 21.8 Å². The van der Waals surface area contributed by atoms with Gasteiger partial charge in [0.2, 0.25) is 5.91 Å². The predicted molar refractivity (Wildman–Crippen MR) is 77.9 cm³/mol. The van der Waals surface area contributed by atoms with Crippen LogP contribution in [-0.4, -0.2) is 32.7 Å². The Kier molecular flexibility index (Phi) is 4.96. The van der Waals surface area contributed by atoms with Gasteiger partial charge in [0.1, 0.15) is 0 Å². The molecule has 0 atom stereocenters. The summed E-state index contributed by atoms with van der Waals surface area (Å²) >= 11 is 3.47. The molecule has 104 valence electrons. The van der Waals surface area contributed by atoms with Gasteiger partial charge < -0.3 is 15.4 Å². The minimum absolute atomic E-state index is 0.0357. The summed E-state index contributed by atoms with van der Waals surface area (Å²) in [6, 6.07) is 8.14. The Labute approximate surface area is 122 Å². The molecule has 1 aliphatic carbocycles. The summed E-state index contributed by atoms with van der Waals surface area (Å²) < 4.78 is 5.97. The molecule has 2 N–H and O–H groups in total. The van der Waals surface area contributed by atoms with E-state index in [9.17, 15) is 4.79 Å². The van der Waals surface area contributed by atoms with Gasteiger partial charge in [-0.25, -0.2) is 0 Å². The summed E-state index contributed by atoms with van der Waals surface area (Å²) in [5.41, 5.74) is 1.02. The molecule has 1 amide bonds. The van der Waals surface area contributed by atoms with E-state index in [0.29, 0.717) is 19.7 Å². The van der Waals surface area contributed by atoms with E-state index in [1.165, 1.54) is 5.56 Å². The van der Waals surface area contributed by atoms with Gasteiger partial charge in [-0.3, -0.25) is 4.79 Å². The third-order valence-electron chi connectivity index (χ3n) is 3.27. The minimum atomic E-state index is -0.149. The van der Waals surface area contributed by atoms with Gasteiger partial charge >= 0.3 is 0 Å². The Hall–Kier alpha value is -0.910. The summed E-state index contributed by atoms with van der Waals surface area (Å²) in [4.78, 5) is 11.9. The molecule has 0 radical (unpaired) electrons. The molecule has 0 aliphatic heterocycles. The number of carbonyl (C=O) groups excluding carboxylic acids is 1. The topological polar surface area (TPSA) is 50.4 Å². The van der Waals surface area contributed by atoms with E-state index >= 15 is 0 Å². The van der Waals surface area contributed by atoms with Crippen molar-refractivity contribution in [3.05, 3.63) is 34.3 Å². The van der Waals surface area contributed by atoms with Gasteiger partial charge in [-0.2, -0.15) is 0 Å². The van der Waals surface area contributed by atoms with Gasteiger partial charge in [-0.05, 0) is 30.5 Å². The smallest absolute Gasteiger partial charge is 0.234 e. The normalized spacial score (nSPS) is 16.1. The molecule has 0 aromatic heterocycles. The number of benzene rings is 1. The molecule has 1 aliphatic rings. The second-order valence-corrected chi connectivity index (χ2v) is 5.73. The van der Waals surface area contributed by atoms with Crippen LogP contribution in [0.3, 0.4) is 0 Å². The fraction of sp³-hybridized carbons (Fsp3) is 0.500. The molecule has 1 saturated carbocycles. The van der Waals surface area contributed by atoms with E-state index in [4.69, 9.17) is 4.74 Å². The molecule has 5 heteroatoms.